The van der Waals surface area contributed by atoms with Crippen LogP contribution in [0.4, 0.5) is 5.69 Å². The molecule has 0 bridgehead atoms. The number of hydrogen-bond donors (Lipinski definition) is 0. The van der Waals surface area contributed by atoms with Gasteiger partial charge in [-0.2, -0.15) is 10.2 Å². The van der Waals surface area contributed by atoms with Crippen LogP contribution in [0.5, 0.6) is 0 Å². The minimum Gasteiger partial charge on any atom is -0.339 e. The maximum absolute atomic E-state index is 12.5. The number of aromatic nitrogens is 4. The number of amides is 1. The average molecular weight is 375 g/mol. The van der Waals surface area contributed by atoms with E-state index in [1.54, 1.807) is 11.8 Å². The van der Waals surface area contributed by atoms with Gasteiger partial charge in [0.15, 0.2) is 0 Å². The Labute approximate surface area is 157 Å². The van der Waals surface area contributed by atoms with Gasteiger partial charge in [0.25, 0.3) is 0 Å². The van der Waals surface area contributed by atoms with Gasteiger partial charge in [-0.25, -0.2) is 0 Å². The van der Waals surface area contributed by atoms with Gasteiger partial charge in [-0.1, -0.05) is 0 Å². The summed E-state index contributed by atoms with van der Waals surface area (Å²) in [5, 5.41) is 19.4. The Morgan fingerprint density at radius 2 is 1.78 bits per heavy atom. The molecule has 10 heteroatoms. The highest BCUT2D eigenvalue weighted by molar-refractivity contribution is 5.76. The van der Waals surface area contributed by atoms with E-state index in [0.29, 0.717) is 18.8 Å². The highest BCUT2D eigenvalue weighted by atomic mass is 16.6. The monoisotopic (exact) mass is 375 g/mol. The highest BCUT2D eigenvalue weighted by Gasteiger charge is 2.23. The van der Waals surface area contributed by atoms with Crippen LogP contribution >= 0.6 is 0 Å². The zero-order valence-electron chi connectivity index (χ0n) is 16.0. The molecular weight excluding hydrogens is 350 g/mol. The molecule has 0 atom stereocenters. The van der Waals surface area contributed by atoms with Crippen LogP contribution in [0.3, 0.4) is 0 Å². The maximum Gasteiger partial charge on any atom is 0.309 e. The molecule has 1 fully saturated rings. The molecule has 0 radical (unpaired) electrons. The minimum absolute atomic E-state index is 0.0249. The second-order valence-corrected chi connectivity index (χ2v) is 6.81. The molecule has 0 N–H and O–H groups in total. The molecule has 3 rings (SSSR count). The van der Waals surface area contributed by atoms with Gasteiger partial charge >= 0.3 is 5.69 Å². The SMILES string of the molecule is CCn1cc(CN2CCN(C(=O)Cn3cc([N+](=O)[O-])c(C)n3)CC2)c(C)n1. The number of nitrogens with zero attached hydrogens (tertiary/aromatic N) is 7. The summed E-state index contributed by atoms with van der Waals surface area (Å²) < 4.78 is 3.29. The summed E-state index contributed by atoms with van der Waals surface area (Å²) in [4.78, 5) is 27.0. The van der Waals surface area contributed by atoms with Crippen molar-refractivity contribution < 1.29 is 9.72 Å². The average Bonchev–Trinajstić information content (AvgIpc) is 3.18. The highest BCUT2D eigenvalue weighted by Crippen LogP contribution is 2.16. The first kappa shape index (κ1) is 19.0. The van der Waals surface area contributed by atoms with Gasteiger partial charge in [0.2, 0.25) is 5.91 Å². The second kappa shape index (κ2) is 7.87. The van der Waals surface area contributed by atoms with Crippen molar-refractivity contribution in [3.63, 3.8) is 0 Å². The first-order valence-corrected chi connectivity index (χ1v) is 9.09. The van der Waals surface area contributed by atoms with Gasteiger partial charge < -0.3 is 4.90 Å². The van der Waals surface area contributed by atoms with Gasteiger partial charge in [-0.15, -0.1) is 0 Å². The predicted molar refractivity (Wildman–Crippen MR) is 98.1 cm³/mol. The fraction of sp³-hybridized carbons (Fsp3) is 0.588. The molecule has 0 saturated carbocycles. The molecule has 2 aromatic rings. The van der Waals surface area contributed by atoms with E-state index in [9.17, 15) is 14.9 Å². The van der Waals surface area contributed by atoms with E-state index in [1.165, 1.54) is 16.4 Å². The van der Waals surface area contributed by atoms with Crippen LogP contribution in [-0.4, -0.2) is 66.4 Å². The quantitative estimate of drug-likeness (QED) is 0.551. The molecule has 0 aliphatic carbocycles. The smallest absolute Gasteiger partial charge is 0.309 e. The number of rotatable bonds is 6. The van der Waals surface area contributed by atoms with E-state index >= 15 is 0 Å². The van der Waals surface area contributed by atoms with E-state index in [0.717, 1.165) is 31.9 Å². The number of carbonyl (C=O) groups excluding carboxylic acids is 1. The lowest BCUT2D eigenvalue weighted by Crippen LogP contribution is -2.49. The van der Waals surface area contributed by atoms with Crippen molar-refractivity contribution in [3.8, 4) is 0 Å². The number of piperazine rings is 1. The Morgan fingerprint density at radius 1 is 1.11 bits per heavy atom. The second-order valence-electron chi connectivity index (χ2n) is 6.81. The minimum atomic E-state index is -0.481. The van der Waals surface area contributed by atoms with Crippen LogP contribution in [0.25, 0.3) is 0 Å². The fourth-order valence-electron chi connectivity index (χ4n) is 3.28. The number of aryl methyl sites for hydroxylation is 3. The van der Waals surface area contributed by atoms with Crippen LogP contribution in [0.2, 0.25) is 0 Å². The topological polar surface area (TPSA) is 102 Å². The van der Waals surface area contributed by atoms with Crippen molar-refractivity contribution >= 4 is 11.6 Å². The molecule has 1 aliphatic rings. The van der Waals surface area contributed by atoms with Crippen LogP contribution in [0.1, 0.15) is 23.9 Å². The molecule has 0 unspecified atom stereocenters. The zero-order chi connectivity index (χ0) is 19.6. The molecule has 1 aliphatic heterocycles. The van der Waals surface area contributed by atoms with Crippen LogP contribution in [-0.2, 0) is 24.4 Å². The van der Waals surface area contributed by atoms with Crippen LogP contribution in [0, 0.1) is 24.0 Å². The van der Waals surface area contributed by atoms with Gasteiger partial charge in [0, 0.05) is 51.0 Å². The van der Waals surface area contributed by atoms with Crippen molar-refractivity contribution in [1.82, 2.24) is 29.4 Å². The Kier molecular flexibility index (Phi) is 5.54. The molecule has 0 spiro atoms. The molecule has 2 aromatic heterocycles. The van der Waals surface area contributed by atoms with Gasteiger partial charge in [-0.05, 0) is 20.8 Å². The fourth-order valence-corrected chi connectivity index (χ4v) is 3.28. The van der Waals surface area contributed by atoms with E-state index < -0.39 is 4.92 Å². The molecule has 27 heavy (non-hydrogen) atoms. The van der Waals surface area contributed by atoms with E-state index in [-0.39, 0.29) is 18.1 Å². The van der Waals surface area contributed by atoms with Crippen LogP contribution < -0.4 is 0 Å². The van der Waals surface area contributed by atoms with Gasteiger partial charge in [-0.3, -0.25) is 29.2 Å². The summed E-state index contributed by atoms with van der Waals surface area (Å²) in [5.41, 5.74) is 2.53. The third-order valence-corrected chi connectivity index (χ3v) is 4.91. The van der Waals surface area contributed by atoms with Crippen molar-refractivity contribution in [2.45, 2.75) is 40.4 Å². The Balaban J connectivity index is 1.52. The van der Waals surface area contributed by atoms with Crippen molar-refractivity contribution in [1.29, 1.82) is 0 Å². The Hall–Kier alpha value is -2.75. The summed E-state index contributed by atoms with van der Waals surface area (Å²) in [6.45, 7) is 10.2. The zero-order valence-corrected chi connectivity index (χ0v) is 16.0. The first-order chi connectivity index (χ1) is 12.9. The van der Waals surface area contributed by atoms with Gasteiger partial charge in [0.05, 0.1) is 10.6 Å². The van der Waals surface area contributed by atoms with E-state index in [2.05, 4.69) is 28.2 Å². The maximum atomic E-state index is 12.5. The standard InChI is InChI=1S/C17H25N7O3/c1-4-22-10-15(13(2)18-22)9-20-5-7-21(8-6-20)17(25)12-23-11-16(24(26)27)14(3)19-23/h10-11H,4-9,12H2,1-3H3. The summed E-state index contributed by atoms with van der Waals surface area (Å²) in [7, 11) is 0. The molecule has 146 valence electrons. The molecule has 10 nitrogen and oxygen atoms in total. The van der Waals surface area contributed by atoms with Crippen LogP contribution in [0.15, 0.2) is 12.4 Å². The number of carbonyl (C=O) groups is 1. The molecule has 3 heterocycles. The lowest BCUT2D eigenvalue weighted by atomic mass is 10.2. The van der Waals surface area contributed by atoms with Gasteiger partial charge in [0.1, 0.15) is 18.4 Å². The number of nitro groups is 1. The number of hydrogen-bond acceptors (Lipinski definition) is 6. The normalized spacial score (nSPS) is 15.3. The van der Waals surface area contributed by atoms with Crippen molar-refractivity contribution in [3.05, 3.63) is 39.5 Å². The molecule has 1 saturated heterocycles. The molecule has 1 amide bonds. The van der Waals surface area contributed by atoms with E-state index in [1.807, 2.05) is 11.6 Å². The van der Waals surface area contributed by atoms with Crippen molar-refractivity contribution in [2.75, 3.05) is 26.2 Å². The van der Waals surface area contributed by atoms with Crippen molar-refractivity contribution in [2.24, 2.45) is 0 Å². The lowest BCUT2D eigenvalue weighted by molar-refractivity contribution is -0.385. The summed E-state index contributed by atoms with van der Waals surface area (Å²) in [6.07, 6.45) is 3.40. The molecule has 0 aromatic carbocycles. The lowest BCUT2D eigenvalue weighted by Gasteiger charge is -2.34. The third kappa shape index (κ3) is 4.33. The Morgan fingerprint density at radius 3 is 2.33 bits per heavy atom. The third-order valence-electron chi connectivity index (χ3n) is 4.91. The first-order valence-electron chi connectivity index (χ1n) is 9.09. The largest absolute Gasteiger partial charge is 0.339 e. The molecular formula is C17H25N7O3. The van der Waals surface area contributed by atoms with E-state index in [4.69, 9.17) is 0 Å². The Bertz CT molecular complexity index is 834. The summed E-state index contributed by atoms with van der Waals surface area (Å²) in [5.74, 6) is -0.0676. The summed E-state index contributed by atoms with van der Waals surface area (Å²) in [6, 6.07) is 0. The predicted octanol–water partition coefficient (Wildman–Crippen LogP) is 0.969. The summed E-state index contributed by atoms with van der Waals surface area (Å²) >= 11 is 0.